The topological polar surface area (TPSA) is 26.0 Å². The molecule has 0 aromatic heterocycles. The van der Waals surface area contributed by atoms with Crippen molar-refractivity contribution in [3.05, 3.63) is 0 Å². The lowest BCUT2D eigenvalue weighted by molar-refractivity contribution is -0.0419. The number of hydrogen-bond acceptors (Lipinski definition) is 1. The fourth-order valence-corrected chi connectivity index (χ4v) is 2.34. The van der Waals surface area contributed by atoms with Gasteiger partial charge in [0.2, 0.25) is 0 Å². The quantitative estimate of drug-likeness (QED) is 0.725. The standard InChI is InChI=1S/C10H17F2N/c11-10(12)5-1-2-8(10)6-9(13)7-3-4-7/h7-9H,1-6,13H2. The molecule has 2 aliphatic carbocycles. The van der Waals surface area contributed by atoms with Crippen LogP contribution in [0.5, 0.6) is 0 Å². The van der Waals surface area contributed by atoms with Gasteiger partial charge in [0.25, 0.3) is 5.92 Å². The zero-order chi connectivity index (χ0) is 9.47. The lowest BCUT2D eigenvalue weighted by Gasteiger charge is -2.22. The molecule has 2 N–H and O–H groups in total. The van der Waals surface area contributed by atoms with Crippen LogP contribution in [0, 0.1) is 11.8 Å². The predicted molar refractivity (Wildman–Crippen MR) is 47.6 cm³/mol. The molecule has 0 amide bonds. The van der Waals surface area contributed by atoms with Crippen LogP contribution >= 0.6 is 0 Å². The predicted octanol–water partition coefficient (Wildman–Crippen LogP) is 2.55. The molecule has 0 saturated heterocycles. The molecule has 3 heteroatoms. The summed E-state index contributed by atoms with van der Waals surface area (Å²) in [6.07, 6.45) is 4.27. The number of halogens is 2. The molecular formula is C10H17F2N. The second-order valence-corrected chi connectivity index (χ2v) is 4.59. The van der Waals surface area contributed by atoms with E-state index in [-0.39, 0.29) is 12.5 Å². The Labute approximate surface area is 77.7 Å². The van der Waals surface area contributed by atoms with Crippen LogP contribution in [-0.2, 0) is 0 Å². The molecule has 2 aliphatic rings. The minimum atomic E-state index is -2.42. The molecule has 13 heavy (non-hydrogen) atoms. The first-order chi connectivity index (χ1) is 6.09. The third kappa shape index (κ3) is 2.01. The first-order valence-corrected chi connectivity index (χ1v) is 5.23. The Hall–Kier alpha value is -0.180. The highest BCUT2D eigenvalue weighted by molar-refractivity contribution is 4.91. The van der Waals surface area contributed by atoms with Crippen LogP contribution in [0.4, 0.5) is 8.78 Å². The van der Waals surface area contributed by atoms with Crippen molar-refractivity contribution in [3.63, 3.8) is 0 Å². The Morgan fingerprint density at radius 2 is 2.00 bits per heavy atom. The van der Waals surface area contributed by atoms with Crippen molar-refractivity contribution >= 4 is 0 Å². The van der Waals surface area contributed by atoms with E-state index in [1.165, 1.54) is 0 Å². The van der Waals surface area contributed by atoms with Gasteiger partial charge in [0, 0.05) is 18.4 Å². The van der Waals surface area contributed by atoms with Gasteiger partial charge in [-0.15, -0.1) is 0 Å². The number of alkyl halides is 2. The zero-order valence-corrected chi connectivity index (χ0v) is 7.81. The van der Waals surface area contributed by atoms with Crippen molar-refractivity contribution in [1.82, 2.24) is 0 Å². The van der Waals surface area contributed by atoms with Gasteiger partial charge >= 0.3 is 0 Å². The van der Waals surface area contributed by atoms with Gasteiger partial charge in [-0.1, -0.05) is 0 Å². The van der Waals surface area contributed by atoms with Crippen molar-refractivity contribution < 1.29 is 8.78 Å². The summed E-state index contributed by atoms with van der Waals surface area (Å²) in [5, 5.41) is 0. The molecule has 0 aromatic rings. The van der Waals surface area contributed by atoms with Crippen LogP contribution in [0.25, 0.3) is 0 Å². The monoisotopic (exact) mass is 189 g/mol. The van der Waals surface area contributed by atoms with Gasteiger partial charge in [-0.05, 0) is 38.0 Å². The van der Waals surface area contributed by atoms with Crippen molar-refractivity contribution in [1.29, 1.82) is 0 Å². The molecule has 0 heterocycles. The average Bonchev–Trinajstić information content (AvgIpc) is 2.80. The first kappa shape index (κ1) is 9.38. The second-order valence-electron chi connectivity index (χ2n) is 4.59. The molecular weight excluding hydrogens is 172 g/mol. The highest BCUT2D eigenvalue weighted by Crippen LogP contribution is 2.45. The molecule has 0 aromatic carbocycles. The van der Waals surface area contributed by atoms with Crippen LogP contribution in [0.15, 0.2) is 0 Å². The zero-order valence-electron chi connectivity index (χ0n) is 7.81. The lowest BCUT2D eigenvalue weighted by atomic mass is 9.94. The van der Waals surface area contributed by atoms with Gasteiger partial charge in [-0.2, -0.15) is 0 Å². The molecule has 76 valence electrons. The van der Waals surface area contributed by atoms with E-state index in [9.17, 15) is 8.78 Å². The van der Waals surface area contributed by atoms with Crippen LogP contribution in [0.2, 0.25) is 0 Å². The number of nitrogens with two attached hydrogens (primary N) is 1. The van der Waals surface area contributed by atoms with E-state index in [0.29, 0.717) is 25.2 Å². The molecule has 0 spiro atoms. The third-order valence-corrected chi connectivity index (χ3v) is 3.44. The Kier molecular flexibility index (Phi) is 2.30. The minimum Gasteiger partial charge on any atom is -0.327 e. The first-order valence-electron chi connectivity index (χ1n) is 5.23. The SMILES string of the molecule is NC(CC1CCCC1(F)F)C1CC1. The third-order valence-electron chi connectivity index (χ3n) is 3.44. The van der Waals surface area contributed by atoms with Gasteiger partial charge in [-0.25, -0.2) is 8.78 Å². The molecule has 0 bridgehead atoms. The van der Waals surface area contributed by atoms with E-state index in [1.807, 2.05) is 0 Å². The number of rotatable bonds is 3. The maximum absolute atomic E-state index is 13.2. The van der Waals surface area contributed by atoms with Crippen LogP contribution < -0.4 is 5.73 Å². The fourth-order valence-electron chi connectivity index (χ4n) is 2.34. The fraction of sp³-hybridized carbons (Fsp3) is 1.00. The van der Waals surface area contributed by atoms with Crippen molar-refractivity contribution in [3.8, 4) is 0 Å². The molecule has 1 nitrogen and oxygen atoms in total. The van der Waals surface area contributed by atoms with Crippen LogP contribution in [0.3, 0.4) is 0 Å². The van der Waals surface area contributed by atoms with Crippen molar-refractivity contribution in [2.75, 3.05) is 0 Å². The van der Waals surface area contributed by atoms with Crippen LogP contribution in [-0.4, -0.2) is 12.0 Å². The van der Waals surface area contributed by atoms with Gasteiger partial charge in [0.05, 0.1) is 0 Å². The molecule has 2 unspecified atom stereocenters. The normalized spacial score (nSPS) is 34.8. The molecule has 2 atom stereocenters. The summed E-state index contributed by atoms with van der Waals surface area (Å²) in [6, 6.07) is 0.0361. The summed E-state index contributed by atoms with van der Waals surface area (Å²) < 4.78 is 26.4. The van der Waals surface area contributed by atoms with Crippen molar-refractivity contribution in [2.24, 2.45) is 17.6 Å². The van der Waals surface area contributed by atoms with Gasteiger partial charge in [0.15, 0.2) is 0 Å². The summed E-state index contributed by atoms with van der Waals surface area (Å²) in [5.74, 6) is -2.30. The van der Waals surface area contributed by atoms with Gasteiger partial charge in [0.1, 0.15) is 0 Å². The molecule has 0 aliphatic heterocycles. The van der Waals surface area contributed by atoms with E-state index in [4.69, 9.17) is 5.73 Å². The van der Waals surface area contributed by atoms with Gasteiger partial charge in [-0.3, -0.25) is 0 Å². The summed E-state index contributed by atoms with van der Waals surface area (Å²) in [4.78, 5) is 0. The highest BCUT2D eigenvalue weighted by atomic mass is 19.3. The van der Waals surface area contributed by atoms with E-state index < -0.39 is 11.8 Å². The number of hydrogen-bond donors (Lipinski definition) is 1. The smallest absolute Gasteiger partial charge is 0.251 e. The maximum atomic E-state index is 13.2. The van der Waals surface area contributed by atoms with E-state index in [0.717, 1.165) is 12.8 Å². The van der Waals surface area contributed by atoms with E-state index in [1.54, 1.807) is 0 Å². The molecule has 2 saturated carbocycles. The second kappa shape index (κ2) is 3.19. The largest absolute Gasteiger partial charge is 0.327 e. The molecule has 0 radical (unpaired) electrons. The van der Waals surface area contributed by atoms with Gasteiger partial charge < -0.3 is 5.73 Å². The van der Waals surface area contributed by atoms with Crippen LogP contribution in [0.1, 0.15) is 38.5 Å². The molecule has 2 fully saturated rings. The summed E-state index contributed by atoms with van der Waals surface area (Å²) in [6.45, 7) is 0. The molecule has 2 rings (SSSR count). The minimum absolute atomic E-state index is 0.0361. The Bertz CT molecular complexity index is 189. The summed E-state index contributed by atoms with van der Waals surface area (Å²) in [7, 11) is 0. The Morgan fingerprint density at radius 3 is 2.46 bits per heavy atom. The average molecular weight is 189 g/mol. The summed E-state index contributed by atoms with van der Waals surface area (Å²) >= 11 is 0. The Balaban J connectivity index is 1.86. The maximum Gasteiger partial charge on any atom is 0.251 e. The summed E-state index contributed by atoms with van der Waals surface area (Å²) in [5.41, 5.74) is 5.85. The highest BCUT2D eigenvalue weighted by Gasteiger charge is 2.45. The Morgan fingerprint density at radius 1 is 1.31 bits per heavy atom. The lowest BCUT2D eigenvalue weighted by Crippen LogP contribution is -2.31. The van der Waals surface area contributed by atoms with Crippen molar-refractivity contribution in [2.45, 2.75) is 50.5 Å². The van der Waals surface area contributed by atoms with E-state index in [2.05, 4.69) is 0 Å². The van der Waals surface area contributed by atoms with E-state index >= 15 is 0 Å².